The summed E-state index contributed by atoms with van der Waals surface area (Å²) in [6, 6.07) is 9.71. The van der Waals surface area contributed by atoms with Gasteiger partial charge < -0.3 is 10.1 Å². The number of nitrogens with one attached hydrogen (secondary N) is 1. The Morgan fingerprint density at radius 2 is 2.00 bits per heavy atom. The number of ether oxygens (including phenoxy) is 1. The molecule has 118 valence electrons. The Balaban J connectivity index is 2.00. The summed E-state index contributed by atoms with van der Waals surface area (Å²) >= 11 is 0. The van der Waals surface area contributed by atoms with E-state index >= 15 is 0 Å². The molecule has 2 unspecified atom stereocenters. The molecule has 1 N–H and O–H groups in total. The highest BCUT2D eigenvalue weighted by atomic mass is 16.5. The predicted octanol–water partition coefficient (Wildman–Crippen LogP) is 3.61. The summed E-state index contributed by atoms with van der Waals surface area (Å²) < 4.78 is 5.72. The molecule has 3 nitrogen and oxygen atoms in total. The second-order valence-corrected chi connectivity index (χ2v) is 6.28. The Morgan fingerprint density at radius 3 is 2.57 bits per heavy atom. The van der Waals surface area contributed by atoms with Crippen LogP contribution < -0.4 is 10.1 Å². The molecule has 2 rings (SSSR count). The molecule has 1 aromatic rings. The summed E-state index contributed by atoms with van der Waals surface area (Å²) in [5.74, 6) is 0.955. The van der Waals surface area contributed by atoms with Crippen LogP contribution in [0.5, 0.6) is 5.75 Å². The Kier molecular flexibility index (Phi) is 6.07. The predicted molar refractivity (Wildman–Crippen MR) is 88.9 cm³/mol. The molecule has 1 saturated heterocycles. The molecule has 0 spiro atoms. The Labute approximate surface area is 129 Å². The van der Waals surface area contributed by atoms with Crippen molar-refractivity contribution in [2.45, 2.75) is 58.2 Å². The molecule has 0 bridgehead atoms. The first-order valence-electron chi connectivity index (χ1n) is 8.32. The Bertz CT molecular complexity index is 416. The maximum absolute atomic E-state index is 5.72. The molecular formula is C18H30N2O. The van der Waals surface area contributed by atoms with E-state index in [1.165, 1.54) is 31.4 Å². The number of rotatable bonds is 7. The van der Waals surface area contributed by atoms with Crippen molar-refractivity contribution in [3.8, 4) is 5.75 Å². The standard InChI is InChI=1S/C18H30N2O/c1-5-16-7-6-12-20(16)13-18(19-4)15-8-10-17(11-9-15)21-14(2)3/h8-11,14,16,18-19H,5-7,12-13H2,1-4H3. The number of likely N-dealkylation sites (tertiary alicyclic amines) is 1. The van der Waals surface area contributed by atoms with Crippen LogP contribution in [0.4, 0.5) is 0 Å². The zero-order valence-corrected chi connectivity index (χ0v) is 13.9. The van der Waals surface area contributed by atoms with Gasteiger partial charge in [0.1, 0.15) is 5.75 Å². The smallest absolute Gasteiger partial charge is 0.119 e. The molecule has 21 heavy (non-hydrogen) atoms. The van der Waals surface area contributed by atoms with Gasteiger partial charge in [0.15, 0.2) is 0 Å². The lowest BCUT2D eigenvalue weighted by Gasteiger charge is -2.28. The van der Waals surface area contributed by atoms with E-state index < -0.39 is 0 Å². The maximum atomic E-state index is 5.72. The molecular weight excluding hydrogens is 260 g/mol. The van der Waals surface area contributed by atoms with E-state index in [0.29, 0.717) is 6.04 Å². The first-order chi connectivity index (χ1) is 10.1. The first kappa shape index (κ1) is 16.3. The van der Waals surface area contributed by atoms with E-state index in [9.17, 15) is 0 Å². The van der Waals surface area contributed by atoms with Gasteiger partial charge in [-0.15, -0.1) is 0 Å². The fourth-order valence-electron chi connectivity index (χ4n) is 3.25. The second kappa shape index (κ2) is 7.81. The molecule has 0 radical (unpaired) electrons. The number of hydrogen-bond donors (Lipinski definition) is 1. The van der Waals surface area contributed by atoms with Gasteiger partial charge in [-0.25, -0.2) is 0 Å². The van der Waals surface area contributed by atoms with E-state index in [4.69, 9.17) is 4.74 Å². The van der Waals surface area contributed by atoms with Crippen LogP contribution in [-0.4, -0.2) is 37.2 Å². The van der Waals surface area contributed by atoms with Gasteiger partial charge in [-0.05, 0) is 64.4 Å². The molecule has 1 aliphatic heterocycles. The van der Waals surface area contributed by atoms with Crippen LogP contribution in [0.25, 0.3) is 0 Å². The van der Waals surface area contributed by atoms with Gasteiger partial charge in [0.2, 0.25) is 0 Å². The summed E-state index contributed by atoms with van der Waals surface area (Å²) in [5, 5.41) is 3.47. The third-order valence-electron chi connectivity index (χ3n) is 4.39. The maximum Gasteiger partial charge on any atom is 0.119 e. The SMILES string of the molecule is CCC1CCCN1CC(NC)c1ccc(OC(C)C)cc1. The van der Waals surface area contributed by atoms with Crippen LogP contribution in [0.3, 0.4) is 0 Å². The molecule has 1 heterocycles. The first-order valence-corrected chi connectivity index (χ1v) is 8.32. The van der Waals surface area contributed by atoms with Crippen LogP contribution in [0, 0.1) is 0 Å². The van der Waals surface area contributed by atoms with Crippen molar-refractivity contribution in [2.24, 2.45) is 0 Å². The van der Waals surface area contributed by atoms with E-state index in [1.807, 2.05) is 0 Å². The van der Waals surface area contributed by atoms with Gasteiger partial charge in [-0.1, -0.05) is 19.1 Å². The lowest BCUT2D eigenvalue weighted by molar-refractivity contribution is 0.224. The van der Waals surface area contributed by atoms with Crippen molar-refractivity contribution in [3.05, 3.63) is 29.8 Å². The monoisotopic (exact) mass is 290 g/mol. The van der Waals surface area contributed by atoms with Gasteiger partial charge in [-0.3, -0.25) is 4.90 Å². The van der Waals surface area contributed by atoms with E-state index in [1.54, 1.807) is 0 Å². The Morgan fingerprint density at radius 1 is 1.29 bits per heavy atom. The second-order valence-electron chi connectivity index (χ2n) is 6.28. The van der Waals surface area contributed by atoms with E-state index in [-0.39, 0.29) is 6.10 Å². The highest BCUT2D eigenvalue weighted by Crippen LogP contribution is 2.25. The molecule has 0 saturated carbocycles. The van der Waals surface area contributed by atoms with Crippen molar-refractivity contribution in [1.29, 1.82) is 0 Å². The molecule has 1 fully saturated rings. The third-order valence-corrected chi connectivity index (χ3v) is 4.39. The van der Waals surface area contributed by atoms with Gasteiger partial charge >= 0.3 is 0 Å². The number of hydrogen-bond acceptors (Lipinski definition) is 3. The van der Waals surface area contributed by atoms with Crippen LogP contribution in [0.2, 0.25) is 0 Å². The quantitative estimate of drug-likeness (QED) is 0.830. The minimum absolute atomic E-state index is 0.228. The van der Waals surface area contributed by atoms with Gasteiger partial charge in [0, 0.05) is 18.6 Å². The van der Waals surface area contributed by atoms with Crippen LogP contribution in [0.1, 0.15) is 51.6 Å². The van der Waals surface area contributed by atoms with Crippen molar-refractivity contribution in [1.82, 2.24) is 10.2 Å². The average Bonchev–Trinajstić information content (AvgIpc) is 2.92. The van der Waals surface area contributed by atoms with Gasteiger partial charge in [0.05, 0.1) is 6.10 Å². The number of benzene rings is 1. The fraction of sp³-hybridized carbons (Fsp3) is 0.667. The summed E-state index contributed by atoms with van der Waals surface area (Å²) in [7, 11) is 2.06. The highest BCUT2D eigenvalue weighted by molar-refractivity contribution is 5.29. The zero-order chi connectivity index (χ0) is 15.2. The zero-order valence-electron chi connectivity index (χ0n) is 13.9. The third kappa shape index (κ3) is 4.45. The summed E-state index contributed by atoms with van der Waals surface area (Å²) in [5.41, 5.74) is 1.34. The topological polar surface area (TPSA) is 24.5 Å². The number of nitrogens with zero attached hydrogens (tertiary/aromatic N) is 1. The van der Waals surface area contributed by atoms with Crippen molar-refractivity contribution < 1.29 is 4.74 Å². The van der Waals surface area contributed by atoms with Crippen LogP contribution in [-0.2, 0) is 0 Å². The van der Waals surface area contributed by atoms with Crippen molar-refractivity contribution >= 4 is 0 Å². The molecule has 1 aliphatic rings. The van der Waals surface area contributed by atoms with Crippen molar-refractivity contribution in [2.75, 3.05) is 20.1 Å². The minimum Gasteiger partial charge on any atom is -0.491 e. The molecule has 2 atom stereocenters. The summed E-state index contributed by atoms with van der Waals surface area (Å²) in [6.45, 7) is 8.76. The molecule has 0 aromatic heterocycles. The summed E-state index contributed by atoms with van der Waals surface area (Å²) in [6.07, 6.45) is 4.19. The van der Waals surface area contributed by atoms with E-state index in [2.05, 4.69) is 62.3 Å². The minimum atomic E-state index is 0.228. The highest BCUT2D eigenvalue weighted by Gasteiger charge is 2.25. The molecule has 1 aromatic carbocycles. The molecule has 0 amide bonds. The lowest BCUT2D eigenvalue weighted by Crippen LogP contribution is -2.36. The lowest BCUT2D eigenvalue weighted by atomic mass is 10.1. The fourth-order valence-corrected chi connectivity index (χ4v) is 3.25. The van der Waals surface area contributed by atoms with E-state index in [0.717, 1.165) is 18.3 Å². The largest absolute Gasteiger partial charge is 0.491 e. The van der Waals surface area contributed by atoms with Gasteiger partial charge in [0.25, 0.3) is 0 Å². The van der Waals surface area contributed by atoms with Crippen molar-refractivity contribution in [3.63, 3.8) is 0 Å². The van der Waals surface area contributed by atoms with Crippen LogP contribution in [0.15, 0.2) is 24.3 Å². The normalized spacial score (nSPS) is 20.9. The Hall–Kier alpha value is -1.06. The summed E-state index contributed by atoms with van der Waals surface area (Å²) in [4.78, 5) is 2.64. The number of likely N-dealkylation sites (N-methyl/N-ethyl adjacent to an activating group) is 1. The van der Waals surface area contributed by atoms with Crippen LogP contribution >= 0.6 is 0 Å². The van der Waals surface area contributed by atoms with Gasteiger partial charge in [-0.2, -0.15) is 0 Å². The molecule has 0 aliphatic carbocycles. The molecule has 3 heteroatoms. The average molecular weight is 290 g/mol.